The second kappa shape index (κ2) is 4.42. The average Bonchev–Trinajstić information content (AvgIpc) is 2.07. The molecule has 1 aromatic carbocycles. The van der Waals surface area contributed by atoms with E-state index in [1.807, 2.05) is 0 Å². The molecule has 2 nitrogen and oxygen atoms in total. The van der Waals surface area contributed by atoms with Gasteiger partial charge >= 0.3 is 0 Å². The predicted octanol–water partition coefficient (Wildman–Crippen LogP) is 3.09. The highest BCUT2D eigenvalue weighted by atomic mass is 79.9. The summed E-state index contributed by atoms with van der Waals surface area (Å²) in [5.41, 5.74) is 0.310. The van der Waals surface area contributed by atoms with Crippen LogP contribution in [0.4, 0.5) is 4.39 Å². The molecule has 0 aliphatic rings. The number of hydrogen-bond donors (Lipinski definition) is 0. The van der Waals surface area contributed by atoms with Crippen molar-refractivity contribution in [3.8, 4) is 0 Å². The molecule has 0 fully saturated rings. The summed E-state index contributed by atoms with van der Waals surface area (Å²) in [4.78, 5) is 0. The second-order valence-electron chi connectivity index (χ2n) is 1.97. The zero-order valence-electron chi connectivity index (χ0n) is 5.80. The molecule has 0 N–H and O–H groups in total. The third-order valence-corrected chi connectivity index (χ3v) is 1.76. The maximum atomic E-state index is 12.9. The van der Waals surface area contributed by atoms with Gasteiger partial charge in [-0.1, -0.05) is 21.1 Å². The molecule has 0 amide bonds. The monoisotopic (exact) mass is 251 g/mol. The molecular weight excluding hydrogens is 248 g/mol. The van der Waals surface area contributed by atoms with Gasteiger partial charge in [-0.15, -0.1) is 0 Å². The van der Waals surface area contributed by atoms with Crippen molar-refractivity contribution < 1.29 is 8.78 Å². The largest absolute Gasteiger partial charge is 0.277 e. The fraction of sp³-hybridized carbons (Fsp3) is 0. The van der Waals surface area contributed by atoms with Gasteiger partial charge in [-0.05, 0) is 18.2 Å². The zero-order chi connectivity index (χ0) is 8.97. The number of hydrogen-bond acceptors (Lipinski definition) is 2. The molecule has 0 aromatic heterocycles. The highest BCUT2D eigenvalue weighted by Crippen LogP contribution is 2.13. The molecule has 0 unspecified atom stereocenters. The topological polar surface area (TPSA) is 21.6 Å². The first-order valence-corrected chi connectivity index (χ1v) is 4.10. The van der Waals surface area contributed by atoms with Gasteiger partial charge in [0.15, 0.2) is 11.9 Å². The van der Waals surface area contributed by atoms with Gasteiger partial charge < -0.3 is 0 Å². The summed E-state index contributed by atoms with van der Waals surface area (Å²) in [5.74, 6) is -0.379. The fourth-order valence-corrected chi connectivity index (χ4v) is 1.11. The van der Waals surface area contributed by atoms with E-state index in [0.29, 0.717) is 5.56 Å². The number of nitrogens with zero attached hydrogens (tertiary/aromatic N) is 1. The van der Waals surface area contributed by atoms with Crippen LogP contribution in [0.25, 0.3) is 0 Å². The van der Waals surface area contributed by atoms with E-state index in [-0.39, 0.29) is 5.82 Å². The maximum absolute atomic E-state index is 12.9. The van der Waals surface area contributed by atoms with Crippen LogP contribution in [-0.2, 0) is 4.39 Å². The molecule has 0 atom stereocenters. The highest BCUT2D eigenvalue weighted by molar-refractivity contribution is 9.10. The average molecular weight is 252 g/mol. The minimum atomic E-state index is -0.379. The van der Waals surface area contributed by atoms with Crippen LogP contribution in [0, 0.1) is 5.82 Å². The zero-order valence-corrected chi connectivity index (χ0v) is 8.14. The Bertz CT molecular complexity index is 305. The molecule has 0 aliphatic heterocycles. The van der Waals surface area contributed by atoms with E-state index in [1.165, 1.54) is 12.3 Å². The van der Waals surface area contributed by atoms with Crippen LogP contribution in [0.2, 0.25) is 0 Å². The number of benzene rings is 1. The third-order valence-electron chi connectivity index (χ3n) is 1.19. The van der Waals surface area contributed by atoms with Crippen LogP contribution in [0.5, 0.6) is 0 Å². The molecule has 1 aromatic rings. The van der Waals surface area contributed by atoms with Crippen LogP contribution >= 0.6 is 27.8 Å². The summed E-state index contributed by atoms with van der Waals surface area (Å²) >= 11 is 8.00. The Morgan fingerprint density at radius 2 is 2.33 bits per heavy atom. The summed E-state index contributed by atoms with van der Waals surface area (Å²) in [6, 6.07) is 4.47. The van der Waals surface area contributed by atoms with Crippen LogP contribution in [0.1, 0.15) is 5.56 Å². The first-order valence-electron chi connectivity index (χ1n) is 3.00. The molecule has 12 heavy (non-hydrogen) atoms. The number of oxime groups is 1. The molecule has 0 heterocycles. The summed E-state index contributed by atoms with van der Waals surface area (Å²) in [6.07, 6.45) is 1.19. The van der Waals surface area contributed by atoms with Crippen LogP contribution in [0.3, 0.4) is 0 Å². The first-order chi connectivity index (χ1) is 5.74. The Morgan fingerprint density at radius 1 is 1.58 bits per heavy atom. The van der Waals surface area contributed by atoms with Crippen molar-refractivity contribution >= 4 is 34.0 Å². The summed E-state index contributed by atoms with van der Waals surface area (Å²) < 4.78 is 17.5. The molecule has 0 saturated heterocycles. The lowest BCUT2D eigenvalue weighted by Gasteiger charge is -1.95. The normalized spacial score (nSPS) is 10.6. The molecule has 0 saturated carbocycles. The summed E-state index contributed by atoms with van der Waals surface area (Å²) in [6.45, 7) is 0. The van der Waals surface area contributed by atoms with E-state index in [0.717, 1.165) is 4.47 Å². The lowest BCUT2D eigenvalue weighted by atomic mass is 10.2. The van der Waals surface area contributed by atoms with E-state index < -0.39 is 0 Å². The van der Waals surface area contributed by atoms with E-state index in [9.17, 15) is 4.39 Å². The Hall–Kier alpha value is -0.610. The Morgan fingerprint density at radius 3 is 3.00 bits per heavy atom. The van der Waals surface area contributed by atoms with Gasteiger partial charge in [-0.2, -0.15) is 0 Å². The van der Waals surface area contributed by atoms with E-state index in [1.54, 1.807) is 12.1 Å². The fourth-order valence-electron chi connectivity index (χ4n) is 0.690. The molecule has 5 heteroatoms. The van der Waals surface area contributed by atoms with Gasteiger partial charge in [0, 0.05) is 10.0 Å². The number of halogens is 3. The van der Waals surface area contributed by atoms with Gasteiger partial charge in [-0.25, -0.2) is 4.39 Å². The summed E-state index contributed by atoms with van der Waals surface area (Å²) in [5, 5.41) is 3.22. The van der Waals surface area contributed by atoms with Crippen LogP contribution < -0.4 is 0 Å². The second-order valence-corrected chi connectivity index (χ2v) is 3.02. The van der Waals surface area contributed by atoms with Crippen molar-refractivity contribution in [3.63, 3.8) is 0 Å². The van der Waals surface area contributed by atoms with Crippen molar-refractivity contribution in [1.82, 2.24) is 0 Å². The van der Waals surface area contributed by atoms with Crippen molar-refractivity contribution in [3.05, 3.63) is 34.1 Å². The van der Waals surface area contributed by atoms with E-state index >= 15 is 0 Å². The minimum Gasteiger partial charge on any atom is -0.277 e. The van der Waals surface area contributed by atoms with Crippen molar-refractivity contribution in [1.29, 1.82) is 0 Å². The van der Waals surface area contributed by atoms with Crippen LogP contribution in [-0.4, -0.2) is 6.21 Å². The smallest absolute Gasteiger partial charge is 0.167 e. The van der Waals surface area contributed by atoms with Crippen molar-refractivity contribution in [2.24, 2.45) is 5.16 Å². The Kier molecular flexibility index (Phi) is 3.49. The van der Waals surface area contributed by atoms with Crippen molar-refractivity contribution in [2.75, 3.05) is 0 Å². The minimum absolute atomic E-state index is 0.310. The summed E-state index contributed by atoms with van der Waals surface area (Å²) in [7, 11) is 0. The lowest BCUT2D eigenvalue weighted by molar-refractivity contribution is 0.383. The van der Waals surface area contributed by atoms with Gasteiger partial charge in [0.05, 0.1) is 6.21 Å². The Balaban J connectivity index is 2.97. The lowest BCUT2D eigenvalue weighted by Crippen LogP contribution is -1.87. The quantitative estimate of drug-likeness (QED) is 0.585. The molecule has 0 bridgehead atoms. The molecule has 1 rings (SSSR count). The maximum Gasteiger partial charge on any atom is 0.167 e. The predicted molar refractivity (Wildman–Crippen MR) is 48.6 cm³/mol. The Labute approximate surface area is 82.3 Å². The first kappa shape index (κ1) is 9.48. The molecule has 64 valence electrons. The van der Waals surface area contributed by atoms with Gasteiger partial charge in [0.25, 0.3) is 0 Å². The molecule has 0 radical (unpaired) electrons. The van der Waals surface area contributed by atoms with Gasteiger partial charge in [-0.3, -0.25) is 4.39 Å². The molecule has 0 aliphatic carbocycles. The van der Waals surface area contributed by atoms with Gasteiger partial charge in [0.2, 0.25) is 0 Å². The standard InChI is InChI=1S/C7H4BrClFNO/c8-6-1-2-7(10)5(3-6)4-11-12-9/h1-4H. The van der Waals surface area contributed by atoms with Crippen molar-refractivity contribution in [2.45, 2.75) is 0 Å². The van der Waals surface area contributed by atoms with E-state index in [4.69, 9.17) is 11.9 Å². The number of rotatable bonds is 2. The third kappa shape index (κ3) is 2.46. The SMILES string of the molecule is Fc1ccc(Br)cc1C=NOCl. The molecular formula is C7H4BrClFNO. The van der Waals surface area contributed by atoms with Crippen LogP contribution in [0.15, 0.2) is 27.8 Å². The highest BCUT2D eigenvalue weighted by Gasteiger charge is 1.98. The van der Waals surface area contributed by atoms with Gasteiger partial charge in [0.1, 0.15) is 5.82 Å². The van der Waals surface area contributed by atoms with E-state index in [2.05, 4.69) is 25.5 Å². The molecule has 0 spiro atoms.